The Bertz CT molecular complexity index is 1550. The summed E-state index contributed by atoms with van der Waals surface area (Å²) in [7, 11) is 2.84. The molecule has 0 aliphatic carbocycles. The first-order chi connectivity index (χ1) is 16.8. The zero-order chi connectivity index (χ0) is 24.9. The molecule has 0 fully saturated rings. The molecule has 9 nitrogen and oxygen atoms in total. The van der Waals surface area contributed by atoms with E-state index >= 15 is 0 Å². The number of carbonyl (C=O) groups is 1. The SMILES string of the molecule is COc1ccc(-c2cc(=O)c3c(O)cc4c(c3o2)C(c2ccc(OC)c(O)c2)CC(=O)O4)cc1O. The number of rotatable bonds is 4. The van der Waals surface area contributed by atoms with Crippen LogP contribution in [-0.4, -0.2) is 35.5 Å². The summed E-state index contributed by atoms with van der Waals surface area (Å²) in [6.45, 7) is 0. The fourth-order valence-electron chi connectivity index (χ4n) is 4.35. The summed E-state index contributed by atoms with van der Waals surface area (Å²) in [4.78, 5) is 25.5. The van der Waals surface area contributed by atoms with Crippen molar-refractivity contribution in [2.45, 2.75) is 12.3 Å². The average Bonchev–Trinajstić information content (AvgIpc) is 2.82. The van der Waals surface area contributed by atoms with Gasteiger partial charge in [-0.1, -0.05) is 6.07 Å². The Kier molecular flexibility index (Phi) is 5.24. The lowest BCUT2D eigenvalue weighted by Gasteiger charge is -2.26. The van der Waals surface area contributed by atoms with Crippen LogP contribution in [0.15, 0.2) is 57.7 Å². The lowest BCUT2D eigenvalue weighted by molar-refractivity contribution is -0.135. The number of hydrogen-bond acceptors (Lipinski definition) is 9. The van der Waals surface area contributed by atoms with E-state index in [0.717, 1.165) is 0 Å². The molecule has 1 aliphatic heterocycles. The minimum Gasteiger partial charge on any atom is -0.507 e. The van der Waals surface area contributed by atoms with Gasteiger partial charge < -0.3 is 33.9 Å². The van der Waals surface area contributed by atoms with E-state index in [4.69, 9.17) is 18.6 Å². The van der Waals surface area contributed by atoms with Gasteiger partial charge in [0.15, 0.2) is 28.4 Å². The fourth-order valence-corrected chi connectivity index (χ4v) is 4.35. The van der Waals surface area contributed by atoms with E-state index in [9.17, 15) is 24.9 Å². The number of phenols is 3. The Hall–Kier alpha value is -4.66. The molecule has 35 heavy (non-hydrogen) atoms. The van der Waals surface area contributed by atoms with E-state index in [2.05, 4.69) is 0 Å². The number of aromatic hydroxyl groups is 3. The van der Waals surface area contributed by atoms with Crippen LogP contribution in [0.25, 0.3) is 22.3 Å². The zero-order valence-electron chi connectivity index (χ0n) is 18.7. The van der Waals surface area contributed by atoms with Gasteiger partial charge in [0.05, 0.1) is 20.6 Å². The highest BCUT2D eigenvalue weighted by molar-refractivity contribution is 5.93. The summed E-state index contributed by atoms with van der Waals surface area (Å²) in [5, 5.41) is 31.0. The topological polar surface area (TPSA) is 136 Å². The number of esters is 1. The third-order valence-corrected chi connectivity index (χ3v) is 5.99. The molecule has 1 aromatic heterocycles. The van der Waals surface area contributed by atoms with Crippen molar-refractivity contribution in [3.8, 4) is 45.8 Å². The summed E-state index contributed by atoms with van der Waals surface area (Å²) in [5.74, 6) is -1.18. The van der Waals surface area contributed by atoms with Crippen LogP contribution in [0.1, 0.15) is 23.5 Å². The maximum absolute atomic E-state index is 13.1. The van der Waals surface area contributed by atoms with Crippen LogP contribution in [0.2, 0.25) is 0 Å². The standard InChI is InChI=1S/C26H20O9/c1-32-19-5-3-12(7-15(19)27)14-9-23(31)34-22-11-18(30)25-17(29)10-21(35-26(25)24(14)22)13-4-6-20(33-2)16(28)8-13/h3-8,10-11,14,27-28,30H,9H2,1-2H3. The molecule has 9 heteroatoms. The van der Waals surface area contributed by atoms with Crippen molar-refractivity contribution < 1.29 is 38.7 Å². The molecule has 0 bridgehead atoms. The van der Waals surface area contributed by atoms with E-state index in [1.54, 1.807) is 18.2 Å². The van der Waals surface area contributed by atoms with Crippen molar-refractivity contribution in [1.29, 1.82) is 0 Å². The Balaban J connectivity index is 1.78. The van der Waals surface area contributed by atoms with Crippen LogP contribution in [0.5, 0.6) is 34.5 Å². The Labute approximate surface area is 198 Å². The Morgan fingerprint density at radius 1 is 0.857 bits per heavy atom. The van der Waals surface area contributed by atoms with E-state index in [0.29, 0.717) is 16.7 Å². The Morgan fingerprint density at radius 2 is 1.54 bits per heavy atom. The number of methoxy groups -OCH3 is 2. The third kappa shape index (κ3) is 3.67. The predicted molar refractivity (Wildman–Crippen MR) is 125 cm³/mol. The summed E-state index contributed by atoms with van der Waals surface area (Å²) in [5.41, 5.74) is 0.837. The van der Waals surface area contributed by atoms with Crippen LogP contribution in [0.4, 0.5) is 0 Å². The second-order valence-corrected chi connectivity index (χ2v) is 8.04. The molecule has 0 spiro atoms. The summed E-state index contributed by atoms with van der Waals surface area (Å²) in [6.07, 6.45) is -0.0874. The highest BCUT2D eigenvalue weighted by atomic mass is 16.5. The van der Waals surface area contributed by atoms with Crippen molar-refractivity contribution in [3.05, 3.63) is 69.9 Å². The van der Waals surface area contributed by atoms with Gasteiger partial charge in [0, 0.05) is 29.2 Å². The first-order valence-electron chi connectivity index (χ1n) is 10.6. The number of carbonyl (C=O) groups excluding carboxylic acids is 1. The molecule has 0 amide bonds. The van der Waals surface area contributed by atoms with E-state index in [1.165, 1.54) is 44.6 Å². The second-order valence-electron chi connectivity index (χ2n) is 8.04. The molecule has 1 aliphatic rings. The molecule has 2 heterocycles. The molecule has 1 unspecified atom stereocenters. The fraction of sp³-hybridized carbons (Fsp3) is 0.154. The van der Waals surface area contributed by atoms with Crippen molar-refractivity contribution in [3.63, 3.8) is 0 Å². The molecule has 3 N–H and O–H groups in total. The molecular weight excluding hydrogens is 456 g/mol. The predicted octanol–water partition coefficient (Wildman–Crippen LogP) is 4.04. The average molecular weight is 476 g/mol. The van der Waals surface area contributed by atoms with Gasteiger partial charge in [-0.05, 0) is 35.9 Å². The first-order valence-corrected chi connectivity index (χ1v) is 10.6. The first kappa shape index (κ1) is 22.1. The third-order valence-electron chi connectivity index (χ3n) is 5.99. The van der Waals surface area contributed by atoms with Gasteiger partial charge >= 0.3 is 5.97 Å². The normalized spacial score (nSPS) is 14.9. The van der Waals surface area contributed by atoms with Gasteiger partial charge in [0.1, 0.15) is 28.2 Å². The Morgan fingerprint density at radius 3 is 2.20 bits per heavy atom. The van der Waals surface area contributed by atoms with Gasteiger partial charge in [-0.25, -0.2) is 0 Å². The number of benzene rings is 3. The van der Waals surface area contributed by atoms with Crippen molar-refractivity contribution in [2.75, 3.05) is 14.2 Å². The van der Waals surface area contributed by atoms with Crippen LogP contribution in [0, 0.1) is 0 Å². The minimum atomic E-state index is -0.645. The van der Waals surface area contributed by atoms with Gasteiger partial charge in [-0.3, -0.25) is 9.59 Å². The quantitative estimate of drug-likeness (QED) is 0.295. The van der Waals surface area contributed by atoms with E-state index in [1.807, 2.05) is 0 Å². The van der Waals surface area contributed by atoms with Crippen LogP contribution in [-0.2, 0) is 4.79 Å². The second kappa shape index (κ2) is 8.28. The number of fused-ring (bicyclic) bond motifs is 3. The highest BCUT2D eigenvalue weighted by Gasteiger charge is 2.34. The summed E-state index contributed by atoms with van der Waals surface area (Å²) in [6, 6.07) is 11.7. The molecule has 5 rings (SSSR count). The van der Waals surface area contributed by atoms with Crippen LogP contribution < -0.4 is 19.6 Å². The van der Waals surface area contributed by atoms with Gasteiger partial charge in [-0.2, -0.15) is 0 Å². The van der Waals surface area contributed by atoms with E-state index < -0.39 is 23.1 Å². The number of phenolic OH excluding ortho intramolecular Hbond substituents is 3. The molecule has 0 saturated carbocycles. The van der Waals surface area contributed by atoms with Crippen molar-refractivity contribution in [2.24, 2.45) is 0 Å². The minimum absolute atomic E-state index is 0.0330. The maximum Gasteiger partial charge on any atom is 0.312 e. The lowest BCUT2D eigenvalue weighted by Crippen LogP contribution is -2.22. The monoisotopic (exact) mass is 476 g/mol. The zero-order valence-corrected chi connectivity index (χ0v) is 18.7. The summed E-state index contributed by atoms with van der Waals surface area (Å²) < 4.78 is 21.7. The molecule has 0 radical (unpaired) electrons. The largest absolute Gasteiger partial charge is 0.507 e. The van der Waals surface area contributed by atoms with Gasteiger partial charge in [0.25, 0.3) is 0 Å². The van der Waals surface area contributed by atoms with Crippen molar-refractivity contribution >= 4 is 16.9 Å². The van der Waals surface area contributed by atoms with Gasteiger partial charge in [0.2, 0.25) is 0 Å². The smallest absolute Gasteiger partial charge is 0.312 e. The van der Waals surface area contributed by atoms with E-state index in [-0.39, 0.29) is 51.9 Å². The molecule has 0 saturated heterocycles. The van der Waals surface area contributed by atoms with Gasteiger partial charge in [-0.15, -0.1) is 0 Å². The molecule has 178 valence electrons. The molecule has 3 aromatic carbocycles. The number of ether oxygens (including phenoxy) is 3. The molecular formula is C26H20O9. The van der Waals surface area contributed by atoms with Crippen molar-refractivity contribution in [1.82, 2.24) is 0 Å². The summed E-state index contributed by atoms with van der Waals surface area (Å²) >= 11 is 0. The number of hydrogen-bond donors (Lipinski definition) is 3. The van der Waals surface area contributed by atoms with Crippen LogP contribution in [0.3, 0.4) is 0 Å². The molecule has 1 atom stereocenters. The lowest BCUT2D eigenvalue weighted by atomic mass is 9.85. The maximum atomic E-state index is 13.1. The van der Waals surface area contributed by atoms with Crippen LogP contribution >= 0.6 is 0 Å². The molecule has 4 aromatic rings. The highest BCUT2D eigenvalue weighted by Crippen LogP contribution is 2.47.